The van der Waals surface area contributed by atoms with Crippen molar-refractivity contribution < 1.29 is 0 Å². The van der Waals surface area contributed by atoms with Gasteiger partial charge in [-0.2, -0.15) is 0 Å². The summed E-state index contributed by atoms with van der Waals surface area (Å²) in [6.07, 6.45) is 4.15. The molecule has 2 N–H and O–H groups in total. The van der Waals surface area contributed by atoms with Crippen molar-refractivity contribution in [2.24, 2.45) is 9.98 Å². The van der Waals surface area contributed by atoms with E-state index in [1.165, 1.54) is 0 Å². The predicted molar refractivity (Wildman–Crippen MR) is 68.6 cm³/mol. The minimum atomic E-state index is -0.00659. The highest BCUT2D eigenvalue weighted by atomic mass is 35.5. The molecule has 0 spiro atoms. The molecule has 0 radical (unpaired) electrons. The quantitative estimate of drug-likeness (QED) is 0.450. The lowest BCUT2D eigenvalue weighted by molar-refractivity contribution is 0.766. The van der Waals surface area contributed by atoms with Gasteiger partial charge in [-0.15, -0.1) is 0 Å². The van der Waals surface area contributed by atoms with Crippen molar-refractivity contribution in [1.29, 1.82) is 0 Å². The molecular formula is C10H16Cl2N4. The van der Waals surface area contributed by atoms with E-state index in [0.29, 0.717) is 13.1 Å². The molecule has 0 amide bonds. The summed E-state index contributed by atoms with van der Waals surface area (Å²) in [5, 5.41) is 6.28. The number of halogens is 2. The molecule has 0 saturated heterocycles. The molecule has 0 aromatic rings. The van der Waals surface area contributed by atoms with E-state index in [1.807, 2.05) is 0 Å². The minimum Gasteiger partial charge on any atom is -0.356 e. The first-order chi connectivity index (χ1) is 7.74. The largest absolute Gasteiger partial charge is 0.356 e. The third-order valence-corrected chi connectivity index (χ3v) is 3.10. The van der Waals surface area contributed by atoms with Crippen LogP contribution in [-0.2, 0) is 0 Å². The molecule has 2 aliphatic heterocycles. The first-order valence-electron chi connectivity index (χ1n) is 5.62. The smallest absolute Gasteiger partial charge is 0.122 e. The van der Waals surface area contributed by atoms with Gasteiger partial charge in [0.2, 0.25) is 0 Å². The van der Waals surface area contributed by atoms with E-state index in [0.717, 1.165) is 37.4 Å². The summed E-state index contributed by atoms with van der Waals surface area (Å²) in [5.74, 6) is 2.08. The molecule has 2 unspecified atom stereocenters. The molecule has 0 aromatic carbocycles. The molecule has 0 aliphatic carbocycles. The van der Waals surface area contributed by atoms with Crippen LogP contribution in [0, 0.1) is 0 Å². The molecule has 90 valence electrons. The van der Waals surface area contributed by atoms with Crippen LogP contribution in [0.5, 0.6) is 0 Å². The molecule has 2 atom stereocenters. The monoisotopic (exact) mass is 262 g/mol. The van der Waals surface area contributed by atoms with Crippen molar-refractivity contribution in [1.82, 2.24) is 10.6 Å². The van der Waals surface area contributed by atoms with Crippen LogP contribution in [0.4, 0.5) is 0 Å². The molecule has 4 nitrogen and oxygen atoms in total. The zero-order valence-electron chi connectivity index (χ0n) is 9.05. The Labute approximate surface area is 106 Å². The van der Waals surface area contributed by atoms with E-state index < -0.39 is 0 Å². The van der Waals surface area contributed by atoms with Crippen LogP contribution in [0.25, 0.3) is 0 Å². The Morgan fingerprint density at radius 1 is 0.938 bits per heavy atom. The summed E-state index contributed by atoms with van der Waals surface area (Å²) in [6, 6.07) is 0. The van der Waals surface area contributed by atoms with Crippen molar-refractivity contribution in [2.75, 3.05) is 13.1 Å². The molecule has 0 aromatic heterocycles. The van der Waals surface area contributed by atoms with Crippen LogP contribution in [-0.4, -0.2) is 35.8 Å². The third kappa shape index (κ3) is 3.52. The highest BCUT2D eigenvalue weighted by Gasteiger charge is 2.15. The lowest BCUT2D eigenvalue weighted by Crippen LogP contribution is -2.26. The summed E-state index contributed by atoms with van der Waals surface area (Å²) in [7, 11) is 0. The number of amidine groups is 2. The fraction of sp³-hybridized carbons (Fsp3) is 0.800. The Morgan fingerprint density at radius 2 is 1.38 bits per heavy atom. The molecule has 0 saturated carbocycles. The van der Waals surface area contributed by atoms with E-state index in [9.17, 15) is 0 Å². The molecule has 16 heavy (non-hydrogen) atoms. The van der Waals surface area contributed by atoms with E-state index in [-0.39, 0.29) is 11.0 Å². The Morgan fingerprint density at radius 3 is 1.69 bits per heavy atom. The van der Waals surface area contributed by atoms with Gasteiger partial charge < -0.3 is 10.6 Å². The van der Waals surface area contributed by atoms with Gasteiger partial charge in [0.1, 0.15) is 11.0 Å². The predicted octanol–water partition coefficient (Wildman–Crippen LogP) is 1.68. The van der Waals surface area contributed by atoms with E-state index in [2.05, 4.69) is 20.6 Å². The molecule has 2 heterocycles. The fourth-order valence-electron chi connectivity index (χ4n) is 1.81. The summed E-state index contributed by atoms with van der Waals surface area (Å²) >= 11 is 11.7. The van der Waals surface area contributed by atoms with Gasteiger partial charge in [-0.1, -0.05) is 23.2 Å². The highest BCUT2D eigenvalue weighted by Crippen LogP contribution is 2.09. The Bertz CT molecular complexity index is 273. The van der Waals surface area contributed by atoms with Gasteiger partial charge in [-0.25, -0.2) is 0 Å². The van der Waals surface area contributed by atoms with Gasteiger partial charge in [0.25, 0.3) is 0 Å². The van der Waals surface area contributed by atoms with Gasteiger partial charge >= 0.3 is 0 Å². The molecule has 2 aliphatic rings. The van der Waals surface area contributed by atoms with Crippen molar-refractivity contribution >= 4 is 34.9 Å². The van der Waals surface area contributed by atoms with Crippen molar-refractivity contribution in [3.05, 3.63) is 0 Å². The number of aliphatic imine (C=N–C) groups is 2. The lowest BCUT2D eigenvalue weighted by Gasteiger charge is -2.06. The van der Waals surface area contributed by atoms with Crippen LogP contribution >= 0.6 is 23.2 Å². The van der Waals surface area contributed by atoms with Gasteiger partial charge in [0, 0.05) is 12.8 Å². The van der Waals surface area contributed by atoms with Gasteiger partial charge in [-0.3, -0.25) is 9.98 Å². The zero-order valence-corrected chi connectivity index (χ0v) is 10.6. The Balaban J connectivity index is 1.56. The van der Waals surface area contributed by atoms with Crippen LogP contribution in [0.2, 0.25) is 0 Å². The second kappa shape index (κ2) is 5.73. The van der Waals surface area contributed by atoms with E-state index in [1.54, 1.807) is 0 Å². The molecule has 0 fully saturated rings. The van der Waals surface area contributed by atoms with E-state index in [4.69, 9.17) is 23.2 Å². The third-order valence-electron chi connectivity index (χ3n) is 2.61. The fourth-order valence-corrected chi connectivity index (χ4v) is 2.20. The van der Waals surface area contributed by atoms with Crippen LogP contribution in [0.15, 0.2) is 9.98 Å². The lowest BCUT2D eigenvalue weighted by atomic mass is 10.2. The maximum atomic E-state index is 5.87. The summed E-state index contributed by atoms with van der Waals surface area (Å²) in [6.45, 7) is 1.39. The normalized spacial score (nSPS) is 28.4. The number of unbranched alkanes of at least 4 members (excludes halogenated alkanes) is 1. The van der Waals surface area contributed by atoms with Gasteiger partial charge in [0.15, 0.2) is 0 Å². The Hall–Kier alpha value is -0.480. The maximum Gasteiger partial charge on any atom is 0.122 e. The topological polar surface area (TPSA) is 48.8 Å². The highest BCUT2D eigenvalue weighted by molar-refractivity contribution is 6.22. The first-order valence-corrected chi connectivity index (χ1v) is 6.49. The average molecular weight is 263 g/mol. The molecular weight excluding hydrogens is 247 g/mol. The second-order valence-corrected chi connectivity index (χ2v) is 5.06. The Kier molecular flexibility index (Phi) is 4.29. The maximum absolute atomic E-state index is 5.87. The molecule has 0 bridgehead atoms. The summed E-state index contributed by atoms with van der Waals surface area (Å²) in [4.78, 5) is 8.61. The number of nitrogens with zero attached hydrogens (tertiary/aromatic N) is 2. The molecule has 2 rings (SSSR count). The number of nitrogens with one attached hydrogen (secondary N) is 2. The van der Waals surface area contributed by atoms with Gasteiger partial charge in [-0.05, 0) is 12.8 Å². The number of alkyl halides is 2. The van der Waals surface area contributed by atoms with Crippen LogP contribution in [0.3, 0.4) is 0 Å². The number of rotatable bonds is 5. The first kappa shape index (κ1) is 12.0. The van der Waals surface area contributed by atoms with E-state index >= 15 is 0 Å². The minimum absolute atomic E-state index is 0.00659. The second-order valence-electron chi connectivity index (χ2n) is 4.01. The van der Waals surface area contributed by atoms with Gasteiger partial charge in [0.05, 0.1) is 24.8 Å². The van der Waals surface area contributed by atoms with Crippen molar-refractivity contribution in [2.45, 2.75) is 36.7 Å². The van der Waals surface area contributed by atoms with Crippen LogP contribution in [0.1, 0.15) is 25.7 Å². The molecule has 6 heteroatoms. The summed E-state index contributed by atoms with van der Waals surface area (Å²) in [5.41, 5.74) is -0.0132. The SMILES string of the molecule is ClC1CN=C(CCCCC2=NCC(Cl)N2)N1. The summed E-state index contributed by atoms with van der Waals surface area (Å²) < 4.78 is 0. The average Bonchev–Trinajstić information content (AvgIpc) is 2.83. The number of hydrogen-bond donors (Lipinski definition) is 2. The standard InChI is InChI=1S/C10H16Cl2N4/c11-7-5-13-9(15-7)3-1-2-4-10-14-6-8(12)16-10/h7-8H,1-6H2,(H,13,15)(H,14,16). The zero-order chi connectivity index (χ0) is 11.4. The van der Waals surface area contributed by atoms with Crippen molar-refractivity contribution in [3.8, 4) is 0 Å². The van der Waals surface area contributed by atoms with Crippen LogP contribution < -0.4 is 10.6 Å². The van der Waals surface area contributed by atoms with Crippen molar-refractivity contribution in [3.63, 3.8) is 0 Å². The number of hydrogen-bond acceptors (Lipinski definition) is 4.